The molecule has 5 rings (SSSR count). The van der Waals surface area contributed by atoms with Crippen molar-refractivity contribution in [2.75, 3.05) is 4.90 Å². The molecule has 2 aromatic carbocycles. The van der Waals surface area contributed by atoms with Gasteiger partial charge in [0.25, 0.3) is 0 Å². The van der Waals surface area contributed by atoms with Crippen molar-refractivity contribution in [3.8, 4) is 11.3 Å². The minimum atomic E-state index is -0.350. The van der Waals surface area contributed by atoms with Crippen molar-refractivity contribution >= 4 is 46.2 Å². The molecule has 3 heterocycles. The molecule has 0 amide bonds. The number of hydrogen-bond acceptors (Lipinski definition) is 3. The standard InChI is InChI=1S/C25H18Cl2FN3OS/c1-14-12-16(6-8-19(14)28)31-24(23(30-25(31)33)20-4-2-3-11-29-20)22-10-9-21(32-22)17-7-5-15(26)13-18(17)27/h2-13,23-24H,1H3,(H,30,33). The van der Waals surface area contributed by atoms with Crippen LogP contribution >= 0.6 is 35.4 Å². The molecular weight excluding hydrogens is 480 g/mol. The van der Waals surface area contributed by atoms with Crippen LogP contribution in [0.25, 0.3) is 11.3 Å². The highest BCUT2D eigenvalue weighted by Crippen LogP contribution is 2.43. The van der Waals surface area contributed by atoms with Crippen molar-refractivity contribution in [1.29, 1.82) is 0 Å². The van der Waals surface area contributed by atoms with Gasteiger partial charge in [-0.25, -0.2) is 4.39 Å². The normalized spacial score (nSPS) is 17.9. The van der Waals surface area contributed by atoms with Gasteiger partial charge in [0.05, 0.1) is 16.8 Å². The number of halogens is 3. The number of benzene rings is 2. The molecule has 2 atom stereocenters. The van der Waals surface area contributed by atoms with E-state index in [9.17, 15) is 4.39 Å². The number of aromatic nitrogens is 1. The van der Waals surface area contributed by atoms with E-state index in [4.69, 9.17) is 39.8 Å². The second-order valence-electron chi connectivity index (χ2n) is 7.76. The van der Waals surface area contributed by atoms with E-state index in [1.54, 1.807) is 37.4 Å². The fourth-order valence-corrected chi connectivity index (χ4v) is 4.89. The molecule has 4 nitrogen and oxygen atoms in total. The summed E-state index contributed by atoms with van der Waals surface area (Å²) in [6.45, 7) is 1.73. The van der Waals surface area contributed by atoms with Crippen LogP contribution in [0, 0.1) is 12.7 Å². The fourth-order valence-electron chi connectivity index (χ4n) is 4.05. The van der Waals surface area contributed by atoms with Gasteiger partial charge >= 0.3 is 0 Å². The molecule has 0 radical (unpaired) electrons. The number of furan rings is 1. The van der Waals surface area contributed by atoms with Crippen molar-refractivity contribution < 1.29 is 8.81 Å². The average molecular weight is 498 g/mol. The Morgan fingerprint density at radius 3 is 2.64 bits per heavy atom. The Kier molecular flexibility index (Phi) is 5.83. The van der Waals surface area contributed by atoms with E-state index < -0.39 is 0 Å². The number of nitrogens with one attached hydrogen (secondary N) is 1. The first-order valence-electron chi connectivity index (χ1n) is 10.2. The van der Waals surface area contributed by atoms with Crippen LogP contribution in [0.15, 0.2) is 77.3 Å². The molecular formula is C25H18Cl2FN3OS. The van der Waals surface area contributed by atoms with E-state index in [-0.39, 0.29) is 17.9 Å². The van der Waals surface area contributed by atoms with Crippen LogP contribution in [0.4, 0.5) is 10.1 Å². The number of thiocarbonyl (C=S) groups is 1. The van der Waals surface area contributed by atoms with E-state index in [0.29, 0.717) is 32.2 Å². The minimum absolute atomic E-state index is 0.271. The van der Waals surface area contributed by atoms with Gasteiger partial charge in [-0.2, -0.15) is 0 Å². The Morgan fingerprint density at radius 2 is 1.91 bits per heavy atom. The molecule has 4 aromatic rings. The Balaban J connectivity index is 1.61. The zero-order valence-electron chi connectivity index (χ0n) is 17.4. The summed E-state index contributed by atoms with van der Waals surface area (Å²) < 4.78 is 20.3. The highest BCUT2D eigenvalue weighted by atomic mass is 35.5. The minimum Gasteiger partial charge on any atom is -0.459 e. The summed E-state index contributed by atoms with van der Waals surface area (Å²) in [6.07, 6.45) is 1.74. The van der Waals surface area contributed by atoms with E-state index in [1.165, 1.54) is 6.07 Å². The highest BCUT2D eigenvalue weighted by molar-refractivity contribution is 7.80. The maximum Gasteiger partial charge on any atom is 0.174 e. The fraction of sp³-hybridized carbons (Fsp3) is 0.120. The molecule has 1 saturated heterocycles. The summed E-state index contributed by atoms with van der Waals surface area (Å²) in [6, 6.07) is 19.1. The largest absolute Gasteiger partial charge is 0.459 e. The lowest BCUT2D eigenvalue weighted by Gasteiger charge is -2.26. The van der Waals surface area contributed by atoms with Gasteiger partial charge in [-0.1, -0.05) is 29.3 Å². The number of pyridine rings is 1. The lowest BCUT2D eigenvalue weighted by molar-refractivity contribution is 0.439. The third-order valence-electron chi connectivity index (χ3n) is 5.63. The van der Waals surface area contributed by atoms with Gasteiger partial charge in [-0.05, 0) is 85.4 Å². The first-order chi connectivity index (χ1) is 15.9. The van der Waals surface area contributed by atoms with Crippen molar-refractivity contribution in [2.24, 2.45) is 0 Å². The molecule has 2 aromatic heterocycles. The molecule has 0 spiro atoms. The molecule has 0 saturated carbocycles. The van der Waals surface area contributed by atoms with E-state index in [1.807, 2.05) is 41.3 Å². The summed E-state index contributed by atoms with van der Waals surface area (Å²) in [5.41, 5.74) is 2.84. The summed E-state index contributed by atoms with van der Waals surface area (Å²) in [5.74, 6) is 1.01. The number of rotatable bonds is 4. The lowest BCUT2D eigenvalue weighted by atomic mass is 10.0. The average Bonchev–Trinajstić information content (AvgIpc) is 3.41. The van der Waals surface area contributed by atoms with Gasteiger partial charge in [-0.15, -0.1) is 0 Å². The van der Waals surface area contributed by atoms with E-state index in [0.717, 1.165) is 16.9 Å². The third-order valence-corrected chi connectivity index (χ3v) is 6.50. The van der Waals surface area contributed by atoms with Gasteiger partial charge < -0.3 is 14.6 Å². The monoisotopic (exact) mass is 497 g/mol. The first kappa shape index (κ1) is 21.9. The van der Waals surface area contributed by atoms with Crippen molar-refractivity contribution in [3.05, 3.63) is 106 Å². The van der Waals surface area contributed by atoms with Gasteiger partial charge in [0.1, 0.15) is 23.4 Å². The number of aryl methyl sites for hydroxylation is 1. The Bertz CT molecular complexity index is 1340. The highest BCUT2D eigenvalue weighted by Gasteiger charge is 2.42. The Morgan fingerprint density at radius 1 is 1.06 bits per heavy atom. The molecule has 33 heavy (non-hydrogen) atoms. The zero-order valence-corrected chi connectivity index (χ0v) is 19.8. The lowest BCUT2D eigenvalue weighted by Crippen LogP contribution is -2.29. The maximum atomic E-state index is 14.0. The second kappa shape index (κ2) is 8.78. The topological polar surface area (TPSA) is 41.3 Å². The number of anilines is 1. The van der Waals surface area contributed by atoms with Gasteiger partial charge in [0, 0.05) is 22.5 Å². The van der Waals surface area contributed by atoms with Crippen LogP contribution in [-0.4, -0.2) is 10.1 Å². The van der Waals surface area contributed by atoms with E-state index >= 15 is 0 Å². The predicted octanol–water partition coefficient (Wildman–Crippen LogP) is 7.27. The smallest absolute Gasteiger partial charge is 0.174 e. The number of hydrogen-bond donors (Lipinski definition) is 1. The Labute approximate surface area is 206 Å². The van der Waals surface area contributed by atoms with Gasteiger partial charge in [0.15, 0.2) is 5.11 Å². The van der Waals surface area contributed by atoms with Crippen molar-refractivity contribution in [2.45, 2.75) is 19.0 Å². The predicted molar refractivity (Wildman–Crippen MR) is 133 cm³/mol. The maximum absolute atomic E-state index is 14.0. The Hall–Kier alpha value is -2.93. The van der Waals surface area contributed by atoms with E-state index in [2.05, 4.69) is 10.3 Å². The quantitative estimate of drug-likeness (QED) is 0.300. The summed E-state index contributed by atoms with van der Waals surface area (Å²) in [7, 11) is 0. The third kappa shape index (κ3) is 4.10. The SMILES string of the molecule is Cc1cc(N2C(=S)NC(c3ccccn3)C2c2ccc(-c3ccc(Cl)cc3Cl)o2)ccc1F. The van der Waals surface area contributed by atoms with Crippen molar-refractivity contribution in [3.63, 3.8) is 0 Å². The van der Waals surface area contributed by atoms with Gasteiger partial charge in [0.2, 0.25) is 0 Å². The molecule has 1 aliphatic heterocycles. The molecule has 0 aliphatic carbocycles. The van der Waals surface area contributed by atoms with Crippen LogP contribution in [0.5, 0.6) is 0 Å². The number of nitrogens with zero attached hydrogens (tertiary/aromatic N) is 2. The van der Waals surface area contributed by atoms with Gasteiger partial charge in [-0.3, -0.25) is 4.98 Å². The van der Waals surface area contributed by atoms with Crippen molar-refractivity contribution in [1.82, 2.24) is 10.3 Å². The summed E-state index contributed by atoms with van der Waals surface area (Å²) in [5, 5.41) is 4.92. The summed E-state index contributed by atoms with van der Waals surface area (Å²) >= 11 is 18.2. The van der Waals surface area contributed by atoms with Crippen LogP contribution in [0.3, 0.4) is 0 Å². The van der Waals surface area contributed by atoms with Crippen LogP contribution < -0.4 is 10.2 Å². The molecule has 1 aliphatic rings. The molecule has 166 valence electrons. The van der Waals surface area contributed by atoms with Crippen LogP contribution in [0.2, 0.25) is 10.0 Å². The molecule has 1 N–H and O–H groups in total. The molecule has 1 fully saturated rings. The summed E-state index contributed by atoms with van der Waals surface area (Å²) in [4.78, 5) is 6.47. The molecule has 8 heteroatoms. The van der Waals surface area contributed by atoms with Crippen LogP contribution in [0.1, 0.15) is 29.1 Å². The first-order valence-corrected chi connectivity index (χ1v) is 11.4. The zero-order chi connectivity index (χ0) is 23.1. The van der Waals surface area contributed by atoms with Crippen LogP contribution in [-0.2, 0) is 0 Å². The molecule has 2 unspecified atom stereocenters. The second-order valence-corrected chi connectivity index (χ2v) is 8.99. The molecule has 0 bridgehead atoms.